The lowest BCUT2D eigenvalue weighted by molar-refractivity contribution is -0.138. The van der Waals surface area contributed by atoms with Crippen molar-refractivity contribution in [3.8, 4) is 0 Å². The normalized spacial score (nSPS) is 14.3. The van der Waals surface area contributed by atoms with E-state index in [0.29, 0.717) is 6.42 Å². The van der Waals surface area contributed by atoms with Crippen molar-refractivity contribution in [1.82, 2.24) is 0 Å². The zero-order valence-electron chi connectivity index (χ0n) is 7.83. The Morgan fingerprint density at radius 1 is 1.58 bits per heavy atom. The third-order valence-electron chi connectivity index (χ3n) is 1.28. The number of hydrogen-bond donors (Lipinski definition) is 2. The minimum Gasteiger partial charge on any atom is -0.480 e. The van der Waals surface area contributed by atoms with Crippen LogP contribution in [0.3, 0.4) is 0 Å². The number of aliphatic carboxylic acids is 1. The van der Waals surface area contributed by atoms with Crippen LogP contribution in [0.2, 0.25) is 0 Å². The maximum Gasteiger partial charge on any atom is 0.320 e. The molecule has 0 aliphatic carbocycles. The van der Waals surface area contributed by atoms with E-state index in [1.165, 1.54) is 0 Å². The van der Waals surface area contributed by atoms with Gasteiger partial charge in [0.05, 0.1) is 0 Å². The number of carbonyl (C=O) groups is 1. The van der Waals surface area contributed by atoms with Crippen LogP contribution in [0.5, 0.6) is 0 Å². The summed E-state index contributed by atoms with van der Waals surface area (Å²) in [5, 5.41) is 8.48. The highest BCUT2D eigenvalue weighted by atomic mass is 32.2. The van der Waals surface area contributed by atoms with Gasteiger partial charge in [0.25, 0.3) is 0 Å². The molecular weight excluding hydrogens is 174 g/mol. The van der Waals surface area contributed by atoms with E-state index in [0.717, 1.165) is 5.75 Å². The molecule has 0 spiro atoms. The molecule has 0 aromatic rings. The number of hydrogen-bond acceptors (Lipinski definition) is 3. The summed E-state index contributed by atoms with van der Waals surface area (Å²) in [5.41, 5.74) is 5.33. The Kier molecular flexibility index (Phi) is 4.63. The van der Waals surface area contributed by atoms with Crippen molar-refractivity contribution >= 4 is 17.7 Å². The molecule has 0 unspecified atom stereocenters. The zero-order chi connectivity index (χ0) is 9.78. The summed E-state index contributed by atoms with van der Waals surface area (Å²) < 4.78 is 0.193. The monoisotopic (exact) mass is 191 g/mol. The van der Waals surface area contributed by atoms with E-state index in [1.54, 1.807) is 11.8 Å². The Morgan fingerprint density at radius 3 is 2.42 bits per heavy atom. The van der Waals surface area contributed by atoms with Gasteiger partial charge in [-0.05, 0) is 12.2 Å². The van der Waals surface area contributed by atoms with E-state index in [4.69, 9.17) is 10.8 Å². The van der Waals surface area contributed by atoms with E-state index in [1.807, 2.05) is 0 Å². The molecule has 0 bridgehead atoms. The maximum absolute atomic E-state index is 10.3. The molecule has 0 aromatic heterocycles. The van der Waals surface area contributed by atoms with Gasteiger partial charge in [-0.2, -0.15) is 11.8 Å². The van der Waals surface area contributed by atoms with Crippen LogP contribution in [-0.4, -0.2) is 27.6 Å². The van der Waals surface area contributed by atoms with E-state index < -0.39 is 12.0 Å². The summed E-state index contributed by atoms with van der Waals surface area (Å²) in [7, 11) is 0. The summed E-state index contributed by atoms with van der Waals surface area (Å²) >= 11 is 1.74. The maximum atomic E-state index is 10.3. The van der Waals surface area contributed by atoms with Gasteiger partial charge >= 0.3 is 5.97 Å². The first-order chi connectivity index (χ1) is 5.33. The Bertz CT molecular complexity index is 154. The number of rotatable bonds is 4. The molecule has 4 heteroatoms. The molecule has 0 heterocycles. The highest BCUT2D eigenvalue weighted by molar-refractivity contribution is 8.00. The largest absolute Gasteiger partial charge is 0.480 e. The first kappa shape index (κ1) is 11.8. The molecule has 0 saturated heterocycles. The third-order valence-corrected chi connectivity index (χ3v) is 2.59. The molecule has 0 aliphatic heterocycles. The van der Waals surface area contributed by atoms with Crippen LogP contribution < -0.4 is 5.73 Å². The summed E-state index contributed by atoms with van der Waals surface area (Å²) in [6.45, 7) is 6.30. The summed E-state index contributed by atoms with van der Waals surface area (Å²) in [6.07, 6.45) is 0.539. The third kappa shape index (κ3) is 6.49. The van der Waals surface area contributed by atoms with Gasteiger partial charge in [-0.25, -0.2) is 0 Å². The molecule has 0 rings (SSSR count). The molecule has 0 radical (unpaired) electrons. The second-order valence-electron chi connectivity index (χ2n) is 3.69. The van der Waals surface area contributed by atoms with Crippen molar-refractivity contribution in [1.29, 1.82) is 0 Å². The topological polar surface area (TPSA) is 63.3 Å². The van der Waals surface area contributed by atoms with Gasteiger partial charge in [-0.3, -0.25) is 4.79 Å². The van der Waals surface area contributed by atoms with Crippen LogP contribution in [0.15, 0.2) is 0 Å². The molecule has 0 fully saturated rings. The van der Waals surface area contributed by atoms with Crippen molar-refractivity contribution in [3.63, 3.8) is 0 Å². The lowest BCUT2D eigenvalue weighted by atomic mass is 10.2. The fourth-order valence-electron chi connectivity index (χ4n) is 0.616. The highest BCUT2D eigenvalue weighted by Crippen LogP contribution is 2.23. The predicted molar refractivity (Wildman–Crippen MR) is 52.4 cm³/mol. The van der Waals surface area contributed by atoms with E-state index >= 15 is 0 Å². The Morgan fingerprint density at radius 2 is 2.08 bits per heavy atom. The van der Waals surface area contributed by atoms with Crippen molar-refractivity contribution < 1.29 is 9.90 Å². The minimum absolute atomic E-state index is 0.193. The summed E-state index contributed by atoms with van der Waals surface area (Å²) in [4.78, 5) is 10.3. The smallest absolute Gasteiger partial charge is 0.320 e. The van der Waals surface area contributed by atoms with Gasteiger partial charge in [0.15, 0.2) is 0 Å². The van der Waals surface area contributed by atoms with Crippen molar-refractivity contribution in [2.45, 2.75) is 38.0 Å². The lowest BCUT2D eigenvalue weighted by Gasteiger charge is -2.17. The standard InChI is InChI=1S/C8H17NO2S/c1-8(2,3)12-5-4-6(9)7(10)11/h6H,4-5,9H2,1-3H3,(H,10,11)/t6-/m1/s1. The van der Waals surface area contributed by atoms with Gasteiger partial charge < -0.3 is 10.8 Å². The average molecular weight is 191 g/mol. The Hall–Kier alpha value is -0.220. The molecule has 12 heavy (non-hydrogen) atoms. The molecule has 0 aromatic carbocycles. The Balaban J connectivity index is 3.51. The van der Waals surface area contributed by atoms with Crippen molar-refractivity contribution in [2.75, 3.05) is 5.75 Å². The molecule has 3 N–H and O–H groups in total. The molecule has 1 atom stereocenters. The summed E-state index contributed by atoms with van der Waals surface area (Å²) in [6, 6.07) is -0.708. The summed E-state index contributed by atoms with van der Waals surface area (Å²) in [5.74, 6) is -0.110. The minimum atomic E-state index is -0.912. The molecule has 0 amide bonds. The van der Waals surface area contributed by atoms with Crippen LogP contribution in [-0.2, 0) is 4.79 Å². The van der Waals surface area contributed by atoms with Gasteiger partial charge in [0, 0.05) is 4.75 Å². The zero-order valence-corrected chi connectivity index (χ0v) is 8.65. The van der Waals surface area contributed by atoms with Gasteiger partial charge in [0.2, 0.25) is 0 Å². The van der Waals surface area contributed by atoms with Crippen LogP contribution in [0.25, 0.3) is 0 Å². The fourth-order valence-corrected chi connectivity index (χ4v) is 1.60. The number of nitrogens with two attached hydrogens (primary N) is 1. The lowest BCUT2D eigenvalue weighted by Crippen LogP contribution is -2.30. The predicted octanol–water partition coefficient (Wildman–Crippen LogP) is 1.32. The fraction of sp³-hybridized carbons (Fsp3) is 0.875. The first-order valence-electron chi connectivity index (χ1n) is 3.95. The van der Waals surface area contributed by atoms with Crippen LogP contribution >= 0.6 is 11.8 Å². The SMILES string of the molecule is CC(C)(C)SCC[C@@H](N)C(=O)O. The molecule has 72 valence electrons. The number of carboxylic acids is 1. The van der Waals surface area contributed by atoms with Crippen LogP contribution in [0, 0.1) is 0 Å². The van der Waals surface area contributed by atoms with Crippen molar-refractivity contribution in [2.24, 2.45) is 5.73 Å². The second-order valence-corrected chi connectivity index (χ2v) is 5.62. The number of thioether (sulfide) groups is 1. The molecule has 0 aliphatic rings. The van der Waals surface area contributed by atoms with Crippen LogP contribution in [0.4, 0.5) is 0 Å². The molecular formula is C8H17NO2S. The quantitative estimate of drug-likeness (QED) is 0.703. The molecule has 0 saturated carbocycles. The second kappa shape index (κ2) is 4.72. The van der Waals surface area contributed by atoms with Gasteiger partial charge in [0.1, 0.15) is 6.04 Å². The van der Waals surface area contributed by atoms with E-state index in [9.17, 15) is 4.79 Å². The first-order valence-corrected chi connectivity index (χ1v) is 4.94. The Labute approximate surface area is 77.7 Å². The molecule has 3 nitrogen and oxygen atoms in total. The number of carboxylic acid groups (broad SMARTS) is 1. The van der Waals surface area contributed by atoms with Crippen molar-refractivity contribution in [3.05, 3.63) is 0 Å². The average Bonchev–Trinajstić information content (AvgIpc) is 1.84. The van der Waals surface area contributed by atoms with Gasteiger partial charge in [-0.1, -0.05) is 20.8 Å². The van der Waals surface area contributed by atoms with E-state index in [2.05, 4.69) is 20.8 Å². The van der Waals surface area contributed by atoms with Crippen LogP contribution in [0.1, 0.15) is 27.2 Å². The highest BCUT2D eigenvalue weighted by Gasteiger charge is 2.14. The van der Waals surface area contributed by atoms with Gasteiger partial charge in [-0.15, -0.1) is 0 Å². The van der Waals surface area contributed by atoms with E-state index in [-0.39, 0.29) is 4.75 Å².